The Bertz CT molecular complexity index is 570. The maximum absolute atomic E-state index is 12.3. The van der Waals surface area contributed by atoms with E-state index in [0.29, 0.717) is 25.9 Å². The average Bonchev–Trinajstić information content (AvgIpc) is 2.52. The number of phenols is 1. The van der Waals surface area contributed by atoms with E-state index in [1.165, 1.54) is 21.9 Å². The maximum atomic E-state index is 12.3. The Hall–Kier alpha value is -2.37. The van der Waals surface area contributed by atoms with Crippen molar-refractivity contribution in [2.75, 3.05) is 13.1 Å². The van der Waals surface area contributed by atoms with Gasteiger partial charge in [0.05, 0.1) is 6.04 Å². The molecule has 2 amide bonds. The van der Waals surface area contributed by atoms with Gasteiger partial charge in [0.2, 0.25) is 12.2 Å². The first kappa shape index (κ1) is 16.0. The van der Waals surface area contributed by atoms with Crippen LogP contribution in [0.2, 0.25) is 0 Å². The summed E-state index contributed by atoms with van der Waals surface area (Å²) in [6.07, 6.45) is 1.06. The molecule has 0 radical (unpaired) electrons. The Morgan fingerprint density at radius 1 is 1.36 bits per heavy atom. The highest BCUT2D eigenvalue weighted by atomic mass is 16.3. The van der Waals surface area contributed by atoms with Gasteiger partial charge in [0, 0.05) is 13.1 Å². The van der Waals surface area contributed by atoms with E-state index in [1.807, 2.05) is 6.92 Å². The highest BCUT2D eigenvalue weighted by molar-refractivity contribution is 6.38. The van der Waals surface area contributed by atoms with E-state index in [-0.39, 0.29) is 11.8 Å². The second-order valence-corrected chi connectivity index (χ2v) is 5.37. The van der Waals surface area contributed by atoms with E-state index < -0.39 is 17.7 Å². The smallest absolute Gasteiger partial charge is 0.292 e. The number of Topliss-reactive ketones (excluding diaryl/α,β-unsaturated/α-hetero) is 1. The van der Waals surface area contributed by atoms with Crippen LogP contribution in [0.25, 0.3) is 0 Å². The molecule has 118 valence electrons. The number of ketones is 1. The van der Waals surface area contributed by atoms with Gasteiger partial charge in [-0.05, 0) is 38.0 Å². The van der Waals surface area contributed by atoms with E-state index in [0.717, 1.165) is 5.56 Å². The highest BCUT2D eigenvalue weighted by Gasteiger charge is 2.38. The van der Waals surface area contributed by atoms with Crippen molar-refractivity contribution in [3.63, 3.8) is 0 Å². The van der Waals surface area contributed by atoms with Crippen molar-refractivity contribution in [2.45, 2.75) is 32.4 Å². The molecular formula is C16H20N2O4. The summed E-state index contributed by atoms with van der Waals surface area (Å²) < 4.78 is 0. The lowest BCUT2D eigenvalue weighted by Crippen LogP contribution is -2.55. The third-order valence-corrected chi connectivity index (χ3v) is 4.16. The van der Waals surface area contributed by atoms with Gasteiger partial charge in [-0.1, -0.05) is 12.1 Å². The molecule has 2 unspecified atom stereocenters. The standard InChI is InChI=1S/C16H20N2O4/c1-3-17-9-8-14(15(21)16(17)22)18(10-19)11(2)12-4-6-13(20)7-5-12/h4-7,10-11,14,20H,3,8-9H2,1-2H3. The molecule has 1 fully saturated rings. The largest absolute Gasteiger partial charge is 0.508 e. The fraction of sp³-hybridized carbons (Fsp3) is 0.438. The number of likely N-dealkylation sites (tertiary alicyclic amines) is 1. The van der Waals surface area contributed by atoms with E-state index in [4.69, 9.17) is 0 Å². The molecule has 1 aromatic rings. The Balaban J connectivity index is 2.21. The van der Waals surface area contributed by atoms with Gasteiger partial charge in [0.15, 0.2) is 0 Å². The van der Waals surface area contributed by atoms with Crippen LogP contribution >= 0.6 is 0 Å². The molecule has 1 N–H and O–H groups in total. The van der Waals surface area contributed by atoms with Crippen molar-refractivity contribution >= 4 is 18.1 Å². The monoisotopic (exact) mass is 304 g/mol. The van der Waals surface area contributed by atoms with Crippen molar-refractivity contribution in [1.82, 2.24) is 9.80 Å². The molecule has 0 bridgehead atoms. The second-order valence-electron chi connectivity index (χ2n) is 5.37. The van der Waals surface area contributed by atoms with Crippen LogP contribution in [0.1, 0.15) is 31.9 Å². The molecule has 6 heteroatoms. The second kappa shape index (κ2) is 6.60. The first-order chi connectivity index (χ1) is 10.5. The number of rotatable bonds is 5. The molecule has 1 saturated heterocycles. The maximum Gasteiger partial charge on any atom is 0.292 e. The predicted octanol–water partition coefficient (Wildman–Crippen LogP) is 1.10. The number of hydrogen-bond donors (Lipinski definition) is 1. The zero-order valence-corrected chi connectivity index (χ0v) is 12.7. The molecule has 0 aromatic heterocycles. The fourth-order valence-electron chi connectivity index (χ4n) is 2.75. The van der Waals surface area contributed by atoms with Gasteiger partial charge in [-0.3, -0.25) is 14.4 Å². The number of phenolic OH excluding ortho intramolecular Hbond substituents is 1. The predicted molar refractivity (Wildman–Crippen MR) is 80.1 cm³/mol. The number of carbonyl (C=O) groups is 3. The van der Waals surface area contributed by atoms with Crippen molar-refractivity contribution in [2.24, 2.45) is 0 Å². The van der Waals surface area contributed by atoms with Crippen LogP contribution in [0.4, 0.5) is 0 Å². The van der Waals surface area contributed by atoms with Gasteiger partial charge in [-0.2, -0.15) is 0 Å². The molecule has 0 saturated carbocycles. The molecule has 2 rings (SSSR count). The van der Waals surface area contributed by atoms with Crippen molar-refractivity contribution in [3.05, 3.63) is 29.8 Å². The quantitative estimate of drug-likeness (QED) is 0.653. The van der Waals surface area contributed by atoms with Gasteiger partial charge in [-0.25, -0.2) is 0 Å². The van der Waals surface area contributed by atoms with Crippen molar-refractivity contribution in [1.29, 1.82) is 0 Å². The zero-order chi connectivity index (χ0) is 16.3. The van der Waals surface area contributed by atoms with E-state index in [1.54, 1.807) is 19.1 Å². The SMILES string of the molecule is CCN1CCC(N(C=O)C(C)c2ccc(O)cc2)C(=O)C1=O. The molecule has 1 aliphatic rings. The molecule has 1 heterocycles. The van der Waals surface area contributed by atoms with Crippen LogP contribution in [-0.4, -0.2) is 52.1 Å². The van der Waals surface area contributed by atoms with Gasteiger partial charge in [0.1, 0.15) is 11.8 Å². The molecular weight excluding hydrogens is 284 g/mol. The van der Waals surface area contributed by atoms with Crippen LogP contribution in [-0.2, 0) is 14.4 Å². The van der Waals surface area contributed by atoms with Crippen LogP contribution in [0, 0.1) is 0 Å². The van der Waals surface area contributed by atoms with E-state index >= 15 is 0 Å². The minimum Gasteiger partial charge on any atom is -0.508 e. The summed E-state index contributed by atoms with van der Waals surface area (Å²) in [7, 11) is 0. The Labute approximate surface area is 129 Å². The molecule has 2 atom stereocenters. The third kappa shape index (κ3) is 2.95. The van der Waals surface area contributed by atoms with Gasteiger partial charge in [-0.15, -0.1) is 0 Å². The molecule has 0 aliphatic carbocycles. The summed E-state index contributed by atoms with van der Waals surface area (Å²) in [5, 5.41) is 9.33. The van der Waals surface area contributed by atoms with Gasteiger partial charge >= 0.3 is 0 Å². The van der Waals surface area contributed by atoms with Crippen molar-refractivity contribution in [3.8, 4) is 5.75 Å². The Kier molecular flexibility index (Phi) is 4.80. The topological polar surface area (TPSA) is 77.9 Å². The Morgan fingerprint density at radius 3 is 2.55 bits per heavy atom. The third-order valence-electron chi connectivity index (χ3n) is 4.16. The normalized spacial score (nSPS) is 19.9. The first-order valence-electron chi connectivity index (χ1n) is 7.34. The molecule has 22 heavy (non-hydrogen) atoms. The van der Waals surface area contributed by atoms with Gasteiger partial charge < -0.3 is 14.9 Å². The molecule has 6 nitrogen and oxygen atoms in total. The van der Waals surface area contributed by atoms with E-state index in [9.17, 15) is 19.5 Å². The lowest BCUT2D eigenvalue weighted by Gasteiger charge is -2.37. The zero-order valence-electron chi connectivity index (χ0n) is 12.7. The van der Waals surface area contributed by atoms with Crippen LogP contribution in [0.15, 0.2) is 24.3 Å². The van der Waals surface area contributed by atoms with Gasteiger partial charge in [0.25, 0.3) is 5.91 Å². The van der Waals surface area contributed by atoms with Crippen LogP contribution in [0.5, 0.6) is 5.75 Å². The Morgan fingerprint density at radius 2 is 2.00 bits per heavy atom. The summed E-state index contributed by atoms with van der Waals surface area (Å²) in [5.74, 6) is -0.926. The molecule has 0 spiro atoms. The average molecular weight is 304 g/mol. The molecule has 1 aromatic carbocycles. The number of amides is 2. The fourth-order valence-corrected chi connectivity index (χ4v) is 2.75. The summed E-state index contributed by atoms with van der Waals surface area (Å²) in [6, 6.07) is 5.38. The lowest BCUT2D eigenvalue weighted by atomic mass is 9.97. The molecule has 1 aliphatic heterocycles. The summed E-state index contributed by atoms with van der Waals surface area (Å²) in [5.41, 5.74) is 0.795. The highest BCUT2D eigenvalue weighted by Crippen LogP contribution is 2.26. The lowest BCUT2D eigenvalue weighted by molar-refractivity contribution is -0.152. The summed E-state index contributed by atoms with van der Waals surface area (Å²) in [4.78, 5) is 38.6. The van der Waals surface area contributed by atoms with E-state index in [2.05, 4.69) is 0 Å². The van der Waals surface area contributed by atoms with Crippen LogP contribution in [0.3, 0.4) is 0 Å². The number of carbonyl (C=O) groups excluding carboxylic acids is 3. The first-order valence-corrected chi connectivity index (χ1v) is 7.34. The van der Waals surface area contributed by atoms with Crippen molar-refractivity contribution < 1.29 is 19.5 Å². The summed E-state index contributed by atoms with van der Waals surface area (Å²) in [6.45, 7) is 4.58. The number of likely N-dealkylation sites (N-methyl/N-ethyl adjacent to an activating group) is 1. The number of piperidine rings is 1. The number of aromatic hydroxyl groups is 1. The minimum absolute atomic E-state index is 0.135. The number of hydrogen-bond acceptors (Lipinski definition) is 4. The number of benzene rings is 1. The number of nitrogens with zero attached hydrogens (tertiary/aromatic N) is 2. The van der Waals surface area contributed by atoms with Crippen LogP contribution < -0.4 is 0 Å². The summed E-state index contributed by atoms with van der Waals surface area (Å²) >= 11 is 0. The minimum atomic E-state index is -0.725.